The number of carbonyl (C=O) groups is 1. The molecule has 39 heavy (non-hydrogen) atoms. The van der Waals surface area contributed by atoms with Crippen molar-refractivity contribution in [1.82, 2.24) is 20.5 Å². The fraction of sp³-hybridized carbons (Fsp3) is 0.548. The van der Waals surface area contributed by atoms with Gasteiger partial charge in [0.15, 0.2) is 0 Å². The van der Waals surface area contributed by atoms with Gasteiger partial charge in [0.05, 0.1) is 4.70 Å². The SMILES string of the molecule is Cc1cccc(CCNCCCC(=O)N(CCNCCc2ccc(O)c3[nH]c(=O)sc23)C(C(C)C)C(C)C)c1. The predicted octanol–water partition coefficient (Wildman–Crippen LogP) is 4.86. The molecule has 0 atom stereocenters. The van der Waals surface area contributed by atoms with Crippen molar-refractivity contribution in [3.63, 3.8) is 0 Å². The topological polar surface area (TPSA) is 97.5 Å². The number of fused-ring (bicyclic) bond motifs is 1. The van der Waals surface area contributed by atoms with Crippen LogP contribution in [0.2, 0.25) is 0 Å². The second kappa shape index (κ2) is 15.2. The Morgan fingerprint density at radius 3 is 2.44 bits per heavy atom. The monoisotopic (exact) mass is 554 g/mol. The Labute approximate surface area is 237 Å². The number of nitrogens with one attached hydrogen (secondary N) is 3. The minimum atomic E-state index is -0.162. The van der Waals surface area contributed by atoms with Crippen molar-refractivity contribution in [2.24, 2.45) is 11.8 Å². The summed E-state index contributed by atoms with van der Waals surface area (Å²) >= 11 is 1.13. The van der Waals surface area contributed by atoms with E-state index in [9.17, 15) is 14.7 Å². The molecular weight excluding hydrogens is 508 g/mol. The van der Waals surface area contributed by atoms with Gasteiger partial charge in [-0.25, -0.2) is 0 Å². The maximum Gasteiger partial charge on any atom is 0.305 e. The van der Waals surface area contributed by atoms with E-state index in [0.717, 1.165) is 60.5 Å². The fourth-order valence-corrected chi connectivity index (χ4v) is 6.38. The highest BCUT2D eigenvalue weighted by Crippen LogP contribution is 2.28. The van der Waals surface area contributed by atoms with Crippen LogP contribution in [0.25, 0.3) is 10.2 Å². The number of nitrogens with zero attached hydrogens (tertiary/aromatic N) is 1. The highest BCUT2D eigenvalue weighted by atomic mass is 32.1. The third kappa shape index (κ3) is 9.19. The van der Waals surface area contributed by atoms with Crippen LogP contribution in [0.4, 0.5) is 0 Å². The van der Waals surface area contributed by atoms with Gasteiger partial charge in [-0.3, -0.25) is 9.59 Å². The molecule has 0 fully saturated rings. The van der Waals surface area contributed by atoms with E-state index in [0.29, 0.717) is 36.9 Å². The molecular formula is C31H46N4O3S. The Morgan fingerprint density at radius 2 is 1.72 bits per heavy atom. The number of H-pyrrole nitrogens is 1. The van der Waals surface area contributed by atoms with Crippen LogP contribution in [0, 0.1) is 18.8 Å². The third-order valence-electron chi connectivity index (χ3n) is 7.20. The van der Waals surface area contributed by atoms with E-state index in [4.69, 9.17) is 0 Å². The van der Waals surface area contributed by atoms with Gasteiger partial charge >= 0.3 is 4.87 Å². The lowest BCUT2D eigenvalue weighted by Crippen LogP contribution is -2.49. The van der Waals surface area contributed by atoms with Gasteiger partial charge in [-0.05, 0) is 74.8 Å². The number of aromatic amines is 1. The van der Waals surface area contributed by atoms with Crippen LogP contribution < -0.4 is 15.5 Å². The van der Waals surface area contributed by atoms with Crippen LogP contribution >= 0.6 is 11.3 Å². The number of aryl methyl sites for hydroxylation is 1. The smallest absolute Gasteiger partial charge is 0.305 e. The number of amides is 1. The van der Waals surface area contributed by atoms with Crippen molar-refractivity contribution in [2.75, 3.05) is 32.7 Å². The number of rotatable bonds is 16. The molecule has 0 saturated carbocycles. The lowest BCUT2D eigenvalue weighted by Gasteiger charge is -2.37. The molecule has 0 aliphatic heterocycles. The standard InChI is InChI=1S/C31H46N4O3S/c1-21(2)29(22(3)4)35(27(37)10-7-15-32-16-13-24-9-6-8-23(5)20-24)19-18-33-17-14-25-11-12-26(36)28-30(25)39-31(38)34-28/h6,8-9,11-12,20-22,29,32-33,36H,7,10,13-19H2,1-5H3,(H,34,38). The zero-order chi connectivity index (χ0) is 28.4. The van der Waals surface area contributed by atoms with Gasteiger partial charge in [-0.15, -0.1) is 0 Å². The molecule has 0 aliphatic carbocycles. The van der Waals surface area contributed by atoms with Gasteiger partial charge in [0.1, 0.15) is 11.3 Å². The number of thiazole rings is 1. The number of hydrogen-bond acceptors (Lipinski definition) is 6. The molecule has 0 saturated heterocycles. The van der Waals surface area contributed by atoms with Crippen LogP contribution in [-0.4, -0.2) is 59.7 Å². The summed E-state index contributed by atoms with van der Waals surface area (Å²) in [6, 6.07) is 12.3. The fourth-order valence-electron chi connectivity index (χ4n) is 5.48. The van der Waals surface area contributed by atoms with Crippen LogP contribution in [0.3, 0.4) is 0 Å². The van der Waals surface area contributed by atoms with Gasteiger partial charge in [0.25, 0.3) is 0 Å². The Hall–Kier alpha value is -2.68. The number of phenolic OH excluding ortho intramolecular Hbond substituents is 1. The minimum absolute atomic E-state index is 0.101. The Morgan fingerprint density at radius 1 is 1.00 bits per heavy atom. The molecule has 1 aromatic heterocycles. The summed E-state index contributed by atoms with van der Waals surface area (Å²) in [6.45, 7) is 14.8. The number of aromatic nitrogens is 1. The summed E-state index contributed by atoms with van der Waals surface area (Å²) < 4.78 is 0.811. The van der Waals surface area contributed by atoms with E-state index < -0.39 is 0 Å². The summed E-state index contributed by atoms with van der Waals surface area (Å²) in [7, 11) is 0. The van der Waals surface area contributed by atoms with Crippen molar-refractivity contribution in [3.8, 4) is 5.75 Å². The highest BCUT2D eigenvalue weighted by Gasteiger charge is 2.28. The summed E-state index contributed by atoms with van der Waals surface area (Å²) in [6.07, 6.45) is 3.11. The van der Waals surface area contributed by atoms with E-state index in [1.165, 1.54) is 11.1 Å². The summed E-state index contributed by atoms with van der Waals surface area (Å²) in [5, 5.41) is 17.0. The zero-order valence-corrected chi connectivity index (χ0v) is 25.0. The maximum absolute atomic E-state index is 13.4. The van der Waals surface area contributed by atoms with Crippen LogP contribution in [-0.2, 0) is 17.6 Å². The number of phenols is 1. The molecule has 0 aliphatic rings. The van der Waals surface area contributed by atoms with E-state index in [-0.39, 0.29) is 22.6 Å². The molecule has 1 heterocycles. The Balaban J connectivity index is 1.46. The van der Waals surface area contributed by atoms with Crippen molar-refractivity contribution in [1.29, 1.82) is 0 Å². The Kier molecular flexibility index (Phi) is 12.0. The van der Waals surface area contributed by atoms with Crippen LogP contribution in [0.15, 0.2) is 41.2 Å². The number of hydrogen-bond donors (Lipinski definition) is 4. The van der Waals surface area contributed by atoms with E-state index in [2.05, 4.69) is 79.4 Å². The molecule has 0 bridgehead atoms. The molecule has 214 valence electrons. The molecule has 4 N–H and O–H groups in total. The lowest BCUT2D eigenvalue weighted by atomic mass is 9.91. The van der Waals surface area contributed by atoms with Crippen molar-refractivity contribution in [3.05, 3.63) is 62.8 Å². The average Bonchev–Trinajstić information content (AvgIpc) is 3.28. The predicted molar refractivity (Wildman–Crippen MR) is 163 cm³/mol. The van der Waals surface area contributed by atoms with Gasteiger partial charge in [-0.2, -0.15) is 0 Å². The average molecular weight is 555 g/mol. The highest BCUT2D eigenvalue weighted by molar-refractivity contribution is 7.16. The number of benzene rings is 2. The first-order chi connectivity index (χ1) is 18.7. The third-order valence-corrected chi connectivity index (χ3v) is 8.16. The van der Waals surface area contributed by atoms with E-state index in [1.807, 2.05) is 6.07 Å². The van der Waals surface area contributed by atoms with Gasteiger partial charge in [0.2, 0.25) is 5.91 Å². The van der Waals surface area contributed by atoms with Crippen molar-refractivity contribution >= 4 is 27.5 Å². The molecule has 1 amide bonds. The summed E-state index contributed by atoms with van der Waals surface area (Å²) in [4.78, 5) is 29.8. The first kappa shape index (κ1) is 30.9. The van der Waals surface area contributed by atoms with Crippen LogP contribution in [0.5, 0.6) is 5.75 Å². The number of aromatic hydroxyl groups is 1. The molecule has 7 nitrogen and oxygen atoms in total. The first-order valence-corrected chi connectivity index (χ1v) is 15.1. The van der Waals surface area contributed by atoms with E-state index in [1.54, 1.807) is 6.07 Å². The van der Waals surface area contributed by atoms with Gasteiger partial charge < -0.3 is 25.6 Å². The molecule has 0 spiro atoms. The van der Waals surface area contributed by atoms with Crippen molar-refractivity contribution < 1.29 is 9.90 Å². The minimum Gasteiger partial charge on any atom is -0.506 e. The first-order valence-electron chi connectivity index (χ1n) is 14.3. The summed E-state index contributed by atoms with van der Waals surface area (Å²) in [5.41, 5.74) is 4.17. The molecule has 2 aromatic carbocycles. The quantitative estimate of drug-likeness (QED) is 0.190. The van der Waals surface area contributed by atoms with Gasteiger partial charge in [0, 0.05) is 25.6 Å². The second-order valence-corrected chi connectivity index (χ2v) is 12.1. The second-order valence-electron chi connectivity index (χ2n) is 11.1. The summed E-state index contributed by atoms with van der Waals surface area (Å²) in [5.74, 6) is 1.08. The number of carbonyl (C=O) groups excluding carboxylic acids is 1. The lowest BCUT2D eigenvalue weighted by molar-refractivity contribution is -0.135. The zero-order valence-electron chi connectivity index (χ0n) is 24.2. The van der Waals surface area contributed by atoms with Crippen LogP contribution in [0.1, 0.15) is 57.2 Å². The maximum atomic E-state index is 13.4. The molecule has 3 aromatic rings. The molecule has 3 rings (SSSR count). The normalized spacial score (nSPS) is 11.8. The molecule has 0 unspecified atom stereocenters. The Bertz CT molecular complexity index is 1240. The van der Waals surface area contributed by atoms with Crippen molar-refractivity contribution in [2.45, 2.75) is 66.3 Å². The van der Waals surface area contributed by atoms with Gasteiger partial charge in [-0.1, -0.05) is 74.9 Å². The van der Waals surface area contributed by atoms with E-state index >= 15 is 0 Å². The largest absolute Gasteiger partial charge is 0.506 e. The molecule has 0 radical (unpaired) electrons. The molecule has 8 heteroatoms.